The van der Waals surface area contributed by atoms with Crippen LogP contribution in [0.4, 0.5) is 0 Å². The van der Waals surface area contributed by atoms with Crippen LogP contribution in [-0.2, 0) is 6.42 Å². The maximum Gasteiger partial charge on any atom is 0.118 e. The molecule has 0 saturated carbocycles. The third-order valence-electron chi connectivity index (χ3n) is 3.32. The van der Waals surface area contributed by atoms with Crippen LogP contribution in [-0.4, -0.2) is 13.2 Å². The molecule has 4 heteroatoms. The van der Waals surface area contributed by atoms with Gasteiger partial charge in [-0.25, -0.2) is 0 Å². The summed E-state index contributed by atoms with van der Waals surface area (Å²) in [4.78, 5) is 2.32. The van der Waals surface area contributed by atoms with Gasteiger partial charge >= 0.3 is 0 Å². The molecule has 0 aromatic heterocycles. The molecule has 0 heterocycles. The van der Waals surface area contributed by atoms with E-state index < -0.39 is 0 Å². The molecule has 0 aliphatic heterocycles. The molecule has 0 aliphatic carbocycles. The Hall–Kier alpha value is -1.16. The summed E-state index contributed by atoms with van der Waals surface area (Å²) in [6.45, 7) is 2.11. The summed E-state index contributed by atoms with van der Waals surface area (Å²) in [7, 11) is 1.67. The van der Waals surface area contributed by atoms with Crippen LogP contribution in [0.2, 0.25) is 5.02 Å². The highest BCUT2D eigenvalue weighted by Gasteiger charge is 2.09. The second kappa shape index (κ2) is 7.74. The van der Waals surface area contributed by atoms with E-state index in [0.717, 1.165) is 33.4 Å². The summed E-state index contributed by atoms with van der Waals surface area (Å²) < 4.78 is 5.18. The monoisotopic (exact) mass is 321 g/mol. The standard InChI is InChI=1S/C17H20ClNOS/c1-3-14(19)10-12-4-5-13(18)11-17(12)21-16-8-6-15(20-2)7-9-16/h4-9,11,14H,3,10,19H2,1-2H3. The Morgan fingerprint density at radius 2 is 1.90 bits per heavy atom. The summed E-state index contributed by atoms with van der Waals surface area (Å²) in [5, 5.41) is 0.750. The fourth-order valence-corrected chi connectivity index (χ4v) is 3.22. The molecule has 1 atom stereocenters. The van der Waals surface area contributed by atoms with Crippen LogP contribution in [0.15, 0.2) is 52.3 Å². The quantitative estimate of drug-likeness (QED) is 0.831. The molecule has 0 spiro atoms. The largest absolute Gasteiger partial charge is 0.497 e. The highest BCUT2D eigenvalue weighted by Crippen LogP contribution is 2.34. The minimum absolute atomic E-state index is 0.182. The number of rotatable bonds is 6. The molecule has 1 unspecified atom stereocenters. The molecule has 2 rings (SSSR count). The van der Waals surface area contributed by atoms with Crippen LogP contribution in [0.5, 0.6) is 5.75 Å². The van der Waals surface area contributed by atoms with Crippen molar-refractivity contribution < 1.29 is 4.74 Å². The van der Waals surface area contributed by atoms with Crippen molar-refractivity contribution in [1.82, 2.24) is 0 Å². The van der Waals surface area contributed by atoms with E-state index in [2.05, 4.69) is 13.0 Å². The van der Waals surface area contributed by atoms with Gasteiger partial charge in [0, 0.05) is 20.9 Å². The second-order valence-corrected chi connectivity index (χ2v) is 6.45. The summed E-state index contributed by atoms with van der Waals surface area (Å²) in [5.74, 6) is 0.860. The van der Waals surface area contributed by atoms with Gasteiger partial charge in [-0.15, -0.1) is 0 Å². The fraction of sp³-hybridized carbons (Fsp3) is 0.294. The maximum absolute atomic E-state index is 6.14. The Morgan fingerprint density at radius 1 is 1.19 bits per heavy atom. The first-order valence-electron chi connectivity index (χ1n) is 6.98. The van der Waals surface area contributed by atoms with Crippen molar-refractivity contribution in [3.63, 3.8) is 0 Å². The smallest absolute Gasteiger partial charge is 0.118 e. The van der Waals surface area contributed by atoms with Crippen LogP contribution in [0, 0.1) is 0 Å². The van der Waals surface area contributed by atoms with Crippen molar-refractivity contribution in [3.8, 4) is 5.75 Å². The zero-order chi connectivity index (χ0) is 15.2. The summed E-state index contributed by atoms with van der Waals surface area (Å²) in [6, 6.07) is 14.2. The number of ether oxygens (including phenoxy) is 1. The lowest BCUT2D eigenvalue weighted by Gasteiger charge is -2.13. The van der Waals surface area contributed by atoms with Crippen molar-refractivity contribution in [1.29, 1.82) is 0 Å². The number of benzene rings is 2. The van der Waals surface area contributed by atoms with Gasteiger partial charge in [-0.1, -0.05) is 36.4 Å². The van der Waals surface area contributed by atoms with Crippen molar-refractivity contribution in [3.05, 3.63) is 53.1 Å². The van der Waals surface area contributed by atoms with Gasteiger partial charge in [-0.05, 0) is 54.8 Å². The molecular formula is C17H20ClNOS. The normalized spacial score (nSPS) is 12.2. The van der Waals surface area contributed by atoms with E-state index in [1.807, 2.05) is 36.4 Å². The van der Waals surface area contributed by atoms with Gasteiger partial charge in [0.1, 0.15) is 5.75 Å². The Morgan fingerprint density at radius 3 is 2.52 bits per heavy atom. The Balaban J connectivity index is 2.22. The molecule has 0 radical (unpaired) electrons. The van der Waals surface area contributed by atoms with E-state index in [-0.39, 0.29) is 6.04 Å². The van der Waals surface area contributed by atoms with Gasteiger partial charge in [0.15, 0.2) is 0 Å². The second-order valence-electron chi connectivity index (χ2n) is 4.90. The number of halogens is 1. The molecule has 21 heavy (non-hydrogen) atoms. The first kappa shape index (κ1) is 16.2. The van der Waals surface area contributed by atoms with Gasteiger partial charge in [0.25, 0.3) is 0 Å². The highest BCUT2D eigenvalue weighted by atomic mass is 35.5. The average Bonchev–Trinajstić information content (AvgIpc) is 2.50. The molecular weight excluding hydrogens is 302 g/mol. The number of nitrogens with two attached hydrogens (primary N) is 1. The van der Waals surface area contributed by atoms with Gasteiger partial charge < -0.3 is 10.5 Å². The van der Waals surface area contributed by atoms with Crippen molar-refractivity contribution >= 4 is 23.4 Å². The minimum Gasteiger partial charge on any atom is -0.497 e. The zero-order valence-electron chi connectivity index (χ0n) is 12.3. The Labute approximate surface area is 135 Å². The van der Waals surface area contributed by atoms with Crippen molar-refractivity contribution in [2.24, 2.45) is 5.73 Å². The van der Waals surface area contributed by atoms with E-state index in [9.17, 15) is 0 Å². The van der Waals surface area contributed by atoms with Crippen molar-refractivity contribution in [2.75, 3.05) is 7.11 Å². The van der Waals surface area contributed by atoms with Gasteiger partial charge in [0.05, 0.1) is 7.11 Å². The molecule has 2 aromatic rings. The zero-order valence-corrected chi connectivity index (χ0v) is 13.9. The van der Waals surface area contributed by atoms with E-state index >= 15 is 0 Å². The predicted octanol–water partition coefficient (Wildman–Crippen LogP) is 4.78. The molecule has 0 amide bonds. The highest BCUT2D eigenvalue weighted by molar-refractivity contribution is 7.99. The Bertz CT molecular complexity index is 586. The average molecular weight is 322 g/mol. The number of hydrogen-bond acceptors (Lipinski definition) is 3. The lowest BCUT2D eigenvalue weighted by molar-refractivity contribution is 0.414. The SMILES string of the molecule is CCC(N)Cc1ccc(Cl)cc1Sc1ccc(OC)cc1. The number of methoxy groups -OCH3 is 1. The van der Waals surface area contributed by atoms with Crippen LogP contribution >= 0.6 is 23.4 Å². The first-order chi connectivity index (χ1) is 10.1. The predicted molar refractivity (Wildman–Crippen MR) is 90.5 cm³/mol. The third kappa shape index (κ3) is 4.67. The van der Waals surface area contributed by atoms with Crippen LogP contribution in [0.3, 0.4) is 0 Å². The lowest BCUT2D eigenvalue weighted by Crippen LogP contribution is -2.21. The minimum atomic E-state index is 0.182. The first-order valence-corrected chi connectivity index (χ1v) is 8.17. The lowest BCUT2D eigenvalue weighted by atomic mass is 10.1. The van der Waals surface area contributed by atoms with E-state index in [1.165, 1.54) is 5.56 Å². The molecule has 0 aliphatic rings. The molecule has 112 valence electrons. The van der Waals surface area contributed by atoms with Gasteiger partial charge in [0.2, 0.25) is 0 Å². The summed E-state index contributed by atoms with van der Waals surface area (Å²) >= 11 is 7.84. The number of hydrogen-bond donors (Lipinski definition) is 1. The molecule has 0 bridgehead atoms. The summed E-state index contributed by atoms with van der Waals surface area (Å²) in [6.07, 6.45) is 1.83. The van der Waals surface area contributed by atoms with E-state index in [4.69, 9.17) is 22.1 Å². The Kier molecular flexibility index (Phi) is 5.97. The molecule has 0 saturated heterocycles. The van der Waals surface area contributed by atoms with Crippen LogP contribution < -0.4 is 10.5 Å². The van der Waals surface area contributed by atoms with E-state index in [1.54, 1.807) is 18.9 Å². The molecule has 2 N–H and O–H groups in total. The van der Waals surface area contributed by atoms with Crippen LogP contribution in [0.25, 0.3) is 0 Å². The molecule has 0 fully saturated rings. The van der Waals surface area contributed by atoms with Gasteiger partial charge in [-0.2, -0.15) is 0 Å². The van der Waals surface area contributed by atoms with Crippen molar-refractivity contribution in [2.45, 2.75) is 35.6 Å². The third-order valence-corrected chi connectivity index (χ3v) is 4.67. The topological polar surface area (TPSA) is 35.2 Å². The van der Waals surface area contributed by atoms with Gasteiger partial charge in [-0.3, -0.25) is 0 Å². The molecule has 2 aromatic carbocycles. The van der Waals surface area contributed by atoms with Crippen LogP contribution in [0.1, 0.15) is 18.9 Å². The maximum atomic E-state index is 6.14. The van der Waals surface area contributed by atoms with E-state index in [0.29, 0.717) is 0 Å². The molecule has 2 nitrogen and oxygen atoms in total. The fourth-order valence-electron chi connectivity index (χ4n) is 1.99. The summed E-state index contributed by atoms with van der Waals surface area (Å²) in [5.41, 5.74) is 7.33.